The number of ether oxygens (including phenoxy) is 1. The molecule has 310 valence electrons. The fraction of sp³-hybridized carbons (Fsp3) is 0.0833. The van der Waals surface area contributed by atoms with Gasteiger partial charge in [0.2, 0.25) is 0 Å². The minimum absolute atomic E-state index is 0.00930. The third-order valence-corrected chi connectivity index (χ3v) is 10.7. The van der Waals surface area contributed by atoms with E-state index in [1.54, 1.807) is 18.2 Å². The molecule has 8 N–H and O–H groups in total. The Balaban J connectivity index is 1.42. The van der Waals surface area contributed by atoms with Crippen LogP contribution in [-0.2, 0) is 29.6 Å². The number of fused-ring (bicyclic) bond motifs is 2. The summed E-state index contributed by atoms with van der Waals surface area (Å²) in [7, 11) is -9.84. The minimum Gasteiger partial charge on any atom is -0.506 e. The number of nitrogens with two attached hydrogens (primary N) is 1. The quantitative estimate of drug-likeness (QED) is 0.00959. The number of azo groups is 3. The van der Waals surface area contributed by atoms with E-state index in [1.807, 2.05) is 6.92 Å². The zero-order valence-corrected chi connectivity index (χ0v) is 32.9. The topological polar surface area (TPSA) is 335 Å². The number of benzene rings is 6. The number of aromatic carboxylic acids is 1. The van der Waals surface area contributed by atoms with Crippen molar-refractivity contribution in [3.63, 3.8) is 0 Å². The van der Waals surface area contributed by atoms with E-state index in [1.165, 1.54) is 42.5 Å². The van der Waals surface area contributed by atoms with Crippen LogP contribution in [0.25, 0.3) is 21.5 Å². The molecule has 60 heavy (non-hydrogen) atoms. The zero-order valence-electron chi connectivity index (χ0n) is 30.4. The summed E-state index contributed by atoms with van der Waals surface area (Å²) in [6.45, 7) is 1.99. The molecule has 0 fully saturated rings. The normalized spacial score (nSPS) is 12.4. The molecule has 0 aliphatic heterocycles. The Morgan fingerprint density at radius 1 is 0.717 bits per heavy atom. The van der Waals surface area contributed by atoms with Gasteiger partial charge in [-0.3, -0.25) is 9.11 Å². The Kier molecular flexibility index (Phi) is 12.7. The van der Waals surface area contributed by atoms with Gasteiger partial charge in [-0.05, 0) is 48.9 Å². The largest absolute Gasteiger partial charge is 0.506 e. The summed E-state index contributed by atoms with van der Waals surface area (Å²) >= 11 is 0.605. The second-order valence-corrected chi connectivity index (χ2v) is 15.7. The van der Waals surface area contributed by atoms with Gasteiger partial charge in [0.05, 0.1) is 41.3 Å². The number of rotatable bonds is 15. The SMILES string of the molecule is CCCOc1cc(N=Nc2c(O)c(N)c3ccccc3c2S(=O)(=O)O)c(O)cc1N=Nc1ccc(N=Nc2cc(C(=O)O)ccc2S(=O)(=O)O)c2cc(SOOO)ccc12. The van der Waals surface area contributed by atoms with Crippen LogP contribution in [0.3, 0.4) is 0 Å². The van der Waals surface area contributed by atoms with Gasteiger partial charge in [0, 0.05) is 38.6 Å². The summed E-state index contributed by atoms with van der Waals surface area (Å²) in [6.07, 6.45) is 0.536. The van der Waals surface area contributed by atoms with Gasteiger partial charge in [0.1, 0.15) is 38.4 Å². The number of aromatic hydroxyl groups is 2. The number of carboxylic acids is 1. The Hall–Kier alpha value is -6.64. The van der Waals surface area contributed by atoms with Gasteiger partial charge in [0.25, 0.3) is 20.2 Å². The van der Waals surface area contributed by atoms with E-state index >= 15 is 0 Å². The molecule has 0 radical (unpaired) electrons. The molecule has 0 aliphatic carbocycles. The second-order valence-electron chi connectivity index (χ2n) is 12.2. The molecule has 24 heteroatoms. The molecular formula is C36H29N7O14S3. The van der Waals surface area contributed by atoms with E-state index < -0.39 is 58.9 Å². The molecule has 0 aliphatic rings. The summed E-state index contributed by atoms with van der Waals surface area (Å²) in [5.74, 6) is -2.68. The molecule has 0 saturated heterocycles. The maximum atomic E-state index is 12.5. The van der Waals surface area contributed by atoms with Crippen LogP contribution in [-0.4, -0.2) is 59.1 Å². The first-order chi connectivity index (χ1) is 28.5. The van der Waals surface area contributed by atoms with Gasteiger partial charge >= 0.3 is 5.97 Å². The van der Waals surface area contributed by atoms with E-state index in [2.05, 4.69) is 40.1 Å². The number of nitrogen functional groups attached to an aromatic ring is 1. The second kappa shape index (κ2) is 17.7. The lowest BCUT2D eigenvalue weighted by molar-refractivity contribution is -0.432. The smallest absolute Gasteiger partial charge is 0.335 e. The highest BCUT2D eigenvalue weighted by atomic mass is 32.2. The maximum absolute atomic E-state index is 12.5. The maximum Gasteiger partial charge on any atom is 0.335 e. The highest BCUT2D eigenvalue weighted by molar-refractivity contribution is 7.94. The molecule has 0 spiro atoms. The Labute approximate surface area is 342 Å². The average molecular weight is 880 g/mol. The third kappa shape index (κ3) is 9.30. The molecule has 21 nitrogen and oxygen atoms in total. The lowest BCUT2D eigenvalue weighted by Crippen LogP contribution is -2.02. The fourth-order valence-electron chi connectivity index (χ4n) is 5.64. The Morgan fingerprint density at radius 3 is 2.02 bits per heavy atom. The van der Waals surface area contributed by atoms with Crippen molar-refractivity contribution in [2.75, 3.05) is 12.3 Å². The molecule has 0 amide bonds. The summed E-state index contributed by atoms with van der Waals surface area (Å²) in [6, 6.07) is 18.4. The van der Waals surface area contributed by atoms with E-state index in [0.29, 0.717) is 34.1 Å². The number of carboxylic acid groups (broad SMARTS) is 1. The summed E-state index contributed by atoms with van der Waals surface area (Å²) < 4.78 is 79.2. The molecule has 6 aromatic rings. The van der Waals surface area contributed by atoms with Crippen molar-refractivity contribution in [1.29, 1.82) is 0 Å². The molecule has 0 heterocycles. The van der Waals surface area contributed by atoms with E-state index in [-0.39, 0.29) is 57.1 Å². The van der Waals surface area contributed by atoms with Crippen molar-refractivity contribution in [2.45, 2.75) is 28.0 Å². The van der Waals surface area contributed by atoms with Gasteiger partial charge in [-0.25, -0.2) is 10.1 Å². The minimum atomic E-state index is -5.00. The van der Waals surface area contributed by atoms with E-state index in [9.17, 15) is 46.1 Å². The van der Waals surface area contributed by atoms with Crippen molar-refractivity contribution in [1.82, 2.24) is 0 Å². The van der Waals surface area contributed by atoms with Crippen molar-refractivity contribution in [3.05, 3.63) is 90.5 Å². The van der Waals surface area contributed by atoms with Crippen molar-refractivity contribution >= 4 is 99.6 Å². The Morgan fingerprint density at radius 2 is 1.37 bits per heavy atom. The molecular weight excluding hydrogens is 851 g/mol. The predicted octanol–water partition coefficient (Wildman–Crippen LogP) is 9.64. The van der Waals surface area contributed by atoms with Crippen LogP contribution in [0.5, 0.6) is 17.2 Å². The van der Waals surface area contributed by atoms with Crippen LogP contribution in [0.2, 0.25) is 0 Å². The first-order valence-electron chi connectivity index (χ1n) is 16.8. The van der Waals surface area contributed by atoms with Gasteiger partial charge < -0.3 is 25.8 Å². The standard InChI is InChI=1S/C36H29N7O14S3/c1-2-13-55-30-17-26(40-43-33-34(45)32(37)21-5-3-4-6-22(21)35(33)60(52,53)54)29(44)16-27(30)41-38-24-10-11-25(23-15-19(58-57-56-48)8-9-20(23)24)39-42-28-14-18(36(46)47)7-12-31(28)59(49,50)51/h3-12,14-17,44-45,48H,2,13,37H2,1H3,(H,46,47)(H,49,50,51)(H,52,53,54). The van der Waals surface area contributed by atoms with Gasteiger partial charge in [0.15, 0.2) is 11.4 Å². The van der Waals surface area contributed by atoms with Crippen LogP contribution in [0.15, 0.2) is 130 Å². The summed E-state index contributed by atoms with van der Waals surface area (Å²) in [5.41, 5.74) is 4.35. The average Bonchev–Trinajstić information content (AvgIpc) is 3.21. The van der Waals surface area contributed by atoms with Crippen molar-refractivity contribution in [2.24, 2.45) is 30.7 Å². The highest BCUT2D eigenvalue weighted by Gasteiger charge is 2.26. The van der Waals surface area contributed by atoms with Crippen molar-refractivity contribution < 1.29 is 65.4 Å². The third-order valence-electron chi connectivity index (χ3n) is 8.31. The first-order valence-corrected chi connectivity index (χ1v) is 20.5. The molecule has 0 bridgehead atoms. The molecule has 0 unspecified atom stereocenters. The van der Waals surface area contributed by atoms with Gasteiger partial charge in [-0.15, -0.1) is 35.0 Å². The van der Waals surface area contributed by atoms with Gasteiger partial charge in [-0.2, -0.15) is 16.8 Å². The van der Waals surface area contributed by atoms with E-state index in [4.69, 9.17) is 15.7 Å². The first kappa shape index (κ1) is 43.0. The predicted molar refractivity (Wildman–Crippen MR) is 214 cm³/mol. The molecule has 0 aromatic heterocycles. The Bertz CT molecular complexity index is 3000. The number of hydrogen-bond donors (Lipinski definition) is 7. The number of hydrogen-bond acceptors (Lipinski definition) is 19. The number of carbonyl (C=O) groups is 1. The van der Waals surface area contributed by atoms with Crippen LogP contribution in [0.1, 0.15) is 23.7 Å². The van der Waals surface area contributed by atoms with Gasteiger partial charge in [-0.1, -0.05) is 42.3 Å². The fourth-order valence-corrected chi connectivity index (χ4v) is 7.48. The summed E-state index contributed by atoms with van der Waals surface area (Å²) in [4.78, 5) is 10.5. The molecule has 0 saturated carbocycles. The van der Waals surface area contributed by atoms with E-state index in [0.717, 1.165) is 24.3 Å². The number of nitrogens with zero attached hydrogens (tertiary/aromatic N) is 6. The molecule has 0 atom stereocenters. The number of anilines is 1. The zero-order chi connectivity index (χ0) is 43.4. The van der Waals surface area contributed by atoms with Crippen LogP contribution in [0.4, 0.5) is 39.8 Å². The number of phenols is 2. The molecule has 6 rings (SSSR count). The lowest BCUT2D eigenvalue weighted by Gasteiger charge is -2.12. The summed E-state index contributed by atoms with van der Waals surface area (Å²) in [5, 5.41) is 68.8. The van der Waals surface area contributed by atoms with Crippen LogP contribution >= 0.6 is 12.0 Å². The number of phenolic OH excluding ortho intramolecular Hbond substituents is 2. The lowest BCUT2D eigenvalue weighted by atomic mass is 10.1. The molecule has 6 aromatic carbocycles. The highest BCUT2D eigenvalue weighted by Crippen LogP contribution is 2.47. The van der Waals surface area contributed by atoms with Crippen molar-refractivity contribution in [3.8, 4) is 17.2 Å². The van der Waals surface area contributed by atoms with Crippen LogP contribution < -0.4 is 10.5 Å². The van der Waals surface area contributed by atoms with Crippen LogP contribution in [0, 0.1) is 0 Å². The monoisotopic (exact) mass is 879 g/mol.